The van der Waals surface area contributed by atoms with Gasteiger partial charge in [0.05, 0.1) is 0 Å². The normalized spacial score (nSPS) is 13.5. The Labute approximate surface area is 68.6 Å². The van der Waals surface area contributed by atoms with Crippen molar-refractivity contribution in [3.63, 3.8) is 0 Å². The highest BCUT2D eigenvalue weighted by molar-refractivity contribution is 6.14. The molecule has 0 radical (unpaired) electrons. The first-order valence-corrected chi connectivity index (χ1v) is 3.47. The van der Waals surface area contributed by atoms with Crippen LogP contribution in [-0.2, 0) is 0 Å². The molecule has 0 amide bonds. The lowest BCUT2D eigenvalue weighted by molar-refractivity contribution is 0.104. The Morgan fingerprint density at radius 1 is 1.00 bits per heavy atom. The Balaban J connectivity index is 2.69. The summed E-state index contributed by atoms with van der Waals surface area (Å²) < 4.78 is 0. The molecule has 0 spiro atoms. The minimum atomic E-state index is -0.259. The van der Waals surface area contributed by atoms with Crippen molar-refractivity contribution < 1.29 is 15.0 Å². The number of allylic oxidation sites excluding steroid dienone is 1. The van der Waals surface area contributed by atoms with Gasteiger partial charge in [0.15, 0.2) is 17.3 Å². The van der Waals surface area contributed by atoms with Crippen LogP contribution in [0.1, 0.15) is 15.9 Å². The third-order valence-electron chi connectivity index (χ3n) is 1.83. The van der Waals surface area contributed by atoms with Crippen LogP contribution in [0.5, 0.6) is 11.5 Å². The molecule has 1 aromatic carbocycles. The summed E-state index contributed by atoms with van der Waals surface area (Å²) >= 11 is 0. The van der Waals surface area contributed by atoms with Gasteiger partial charge < -0.3 is 10.2 Å². The van der Waals surface area contributed by atoms with E-state index in [0.717, 1.165) is 0 Å². The molecule has 0 saturated heterocycles. The lowest BCUT2D eigenvalue weighted by Gasteiger charge is -2.00. The molecule has 1 aliphatic carbocycles. The SMILES string of the molecule is O=C1C=Cc2cc(O)c(O)cc21. The van der Waals surface area contributed by atoms with E-state index >= 15 is 0 Å². The predicted octanol–water partition coefficient (Wildman–Crippen LogP) is 1.31. The third kappa shape index (κ3) is 0.797. The number of aromatic hydroxyl groups is 2. The minimum absolute atomic E-state index is 0.139. The van der Waals surface area contributed by atoms with Gasteiger partial charge in [-0.3, -0.25) is 4.79 Å². The Kier molecular flexibility index (Phi) is 1.21. The van der Waals surface area contributed by atoms with Crippen molar-refractivity contribution in [1.82, 2.24) is 0 Å². The second-order valence-corrected chi connectivity index (χ2v) is 2.63. The second kappa shape index (κ2) is 2.11. The molecule has 0 heterocycles. The van der Waals surface area contributed by atoms with Crippen LogP contribution >= 0.6 is 0 Å². The van der Waals surface area contributed by atoms with Crippen LogP contribution in [0.2, 0.25) is 0 Å². The second-order valence-electron chi connectivity index (χ2n) is 2.63. The predicted molar refractivity (Wildman–Crippen MR) is 43.1 cm³/mol. The van der Waals surface area contributed by atoms with Crippen molar-refractivity contribution in [1.29, 1.82) is 0 Å². The van der Waals surface area contributed by atoms with Crippen LogP contribution in [0.3, 0.4) is 0 Å². The maximum absolute atomic E-state index is 11.0. The van der Waals surface area contributed by atoms with Crippen LogP contribution in [0.4, 0.5) is 0 Å². The maximum atomic E-state index is 11.0. The molecule has 1 aliphatic rings. The van der Waals surface area contributed by atoms with Gasteiger partial charge in [0.1, 0.15) is 0 Å². The van der Waals surface area contributed by atoms with E-state index in [0.29, 0.717) is 11.1 Å². The monoisotopic (exact) mass is 162 g/mol. The number of carbonyl (C=O) groups excluding carboxylic acids is 1. The van der Waals surface area contributed by atoms with E-state index < -0.39 is 0 Å². The first-order valence-electron chi connectivity index (χ1n) is 3.47. The van der Waals surface area contributed by atoms with Crippen LogP contribution in [0, 0.1) is 0 Å². The van der Waals surface area contributed by atoms with Crippen molar-refractivity contribution >= 4 is 11.9 Å². The van der Waals surface area contributed by atoms with E-state index in [1.165, 1.54) is 18.2 Å². The number of ketones is 1. The standard InChI is InChI=1S/C9H6O3/c10-7-2-1-5-3-8(11)9(12)4-6(5)7/h1-4,11-12H. The Morgan fingerprint density at radius 2 is 1.67 bits per heavy atom. The van der Waals surface area contributed by atoms with Gasteiger partial charge in [0.2, 0.25) is 0 Å². The van der Waals surface area contributed by atoms with E-state index in [2.05, 4.69) is 0 Å². The van der Waals surface area contributed by atoms with Crippen molar-refractivity contribution in [2.24, 2.45) is 0 Å². The highest BCUT2D eigenvalue weighted by Gasteiger charge is 2.16. The fourth-order valence-electron chi connectivity index (χ4n) is 1.20. The lowest BCUT2D eigenvalue weighted by Crippen LogP contribution is -1.90. The quantitative estimate of drug-likeness (QED) is 0.565. The van der Waals surface area contributed by atoms with Crippen molar-refractivity contribution in [3.05, 3.63) is 29.3 Å². The topological polar surface area (TPSA) is 57.5 Å². The molecule has 0 aromatic heterocycles. The molecular weight excluding hydrogens is 156 g/mol. The van der Waals surface area contributed by atoms with Gasteiger partial charge in [0.25, 0.3) is 0 Å². The van der Waals surface area contributed by atoms with E-state index in [-0.39, 0.29) is 17.3 Å². The summed E-state index contributed by atoms with van der Waals surface area (Å²) in [7, 11) is 0. The molecule has 3 heteroatoms. The van der Waals surface area contributed by atoms with Gasteiger partial charge in [-0.2, -0.15) is 0 Å². The molecule has 0 aliphatic heterocycles. The number of benzene rings is 1. The fourth-order valence-corrected chi connectivity index (χ4v) is 1.20. The van der Waals surface area contributed by atoms with Gasteiger partial charge in [-0.15, -0.1) is 0 Å². The number of hydrogen-bond acceptors (Lipinski definition) is 3. The Hall–Kier alpha value is -1.77. The van der Waals surface area contributed by atoms with Gasteiger partial charge in [-0.25, -0.2) is 0 Å². The zero-order chi connectivity index (χ0) is 8.72. The molecule has 0 saturated carbocycles. The molecule has 0 unspecified atom stereocenters. The zero-order valence-corrected chi connectivity index (χ0v) is 6.11. The van der Waals surface area contributed by atoms with E-state index in [9.17, 15) is 4.79 Å². The summed E-state index contributed by atoms with van der Waals surface area (Å²) in [6.07, 6.45) is 3.01. The average molecular weight is 162 g/mol. The number of phenols is 2. The number of rotatable bonds is 0. The molecule has 0 fully saturated rings. The number of fused-ring (bicyclic) bond motifs is 1. The molecule has 2 rings (SSSR count). The largest absolute Gasteiger partial charge is 0.504 e. The zero-order valence-electron chi connectivity index (χ0n) is 6.11. The number of hydrogen-bond donors (Lipinski definition) is 2. The summed E-state index contributed by atoms with van der Waals surface area (Å²) in [5.74, 6) is -0.598. The van der Waals surface area contributed by atoms with Crippen LogP contribution in [0.15, 0.2) is 18.2 Å². The first kappa shape index (κ1) is 6.91. The van der Waals surface area contributed by atoms with Crippen molar-refractivity contribution in [2.75, 3.05) is 0 Å². The highest BCUT2D eigenvalue weighted by atomic mass is 16.3. The lowest BCUT2D eigenvalue weighted by atomic mass is 10.1. The van der Waals surface area contributed by atoms with Crippen molar-refractivity contribution in [3.8, 4) is 11.5 Å². The Bertz CT molecular complexity index is 391. The number of carbonyl (C=O) groups is 1. The van der Waals surface area contributed by atoms with Gasteiger partial charge in [-0.1, -0.05) is 6.08 Å². The highest BCUT2D eigenvalue weighted by Crippen LogP contribution is 2.31. The summed E-state index contributed by atoms with van der Waals surface area (Å²) in [6.45, 7) is 0. The maximum Gasteiger partial charge on any atom is 0.186 e. The van der Waals surface area contributed by atoms with Crippen LogP contribution in [-0.4, -0.2) is 16.0 Å². The molecule has 1 aromatic rings. The summed E-state index contributed by atoms with van der Waals surface area (Å²) in [4.78, 5) is 11.0. The summed E-state index contributed by atoms with van der Waals surface area (Å²) in [6, 6.07) is 2.64. The molecule has 0 bridgehead atoms. The van der Waals surface area contributed by atoms with Crippen LogP contribution in [0.25, 0.3) is 6.08 Å². The average Bonchev–Trinajstić information content (AvgIpc) is 2.35. The summed E-state index contributed by atoms with van der Waals surface area (Å²) in [5, 5.41) is 18.1. The summed E-state index contributed by atoms with van der Waals surface area (Å²) in [5.41, 5.74) is 1.08. The molecule has 2 N–H and O–H groups in total. The Morgan fingerprint density at radius 3 is 2.42 bits per heavy atom. The molecule has 60 valence electrons. The van der Waals surface area contributed by atoms with Crippen molar-refractivity contribution in [2.45, 2.75) is 0 Å². The smallest absolute Gasteiger partial charge is 0.186 e. The molecular formula is C9H6O3. The first-order chi connectivity index (χ1) is 5.68. The fraction of sp³-hybridized carbons (Fsp3) is 0. The van der Waals surface area contributed by atoms with E-state index in [1.54, 1.807) is 6.08 Å². The number of phenolic OH excluding ortho intramolecular Hbond substituents is 2. The van der Waals surface area contributed by atoms with E-state index in [4.69, 9.17) is 10.2 Å². The minimum Gasteiger partial charge on any atom is -0.504 e. The van der Waals surface area contributed by atoms with Crippen LogP contribution < -0.4 is 0 Å². The molecule has 0 atom stereocenters. The van der Waals surface area contributed by atoms with E-state index in [1.807, 2.05) is 0 Å². The molecule has 3 nitrogen and oxygen atoms in total. The third-order valence-corrected chi connectivity index (χ3v) is 1.83. The van der Waals surface area contributed by atoms with Gasteiger partial charge in [0, 0.05) is 5.56 Å². The molecule has 12 heavy (non-hydrogen) atoms. The van der Waals surface area contributed by atoms with Gasteiger partial charge in [-0.05, 0) is 23.8 Å². The van der Waals surface area contributed by atoms with Gasteiger partial charge >= 0.3 is 0 Å².